The molecule has 0 saturated carbocycles. The molecule has 3 atom stereocenters. The minimum atomic E-state index is -1.20. The summed E-state index contributed by atoms with van der Waals surface area (Å²) in [6, 6.07) is 6.13. The third-order valence-corrected chi connectivity index (χ3v) is 10.3. The van der Waals surface area contributed by atoms with Crippen LogP contribution in [0.1, 0.15) is 116 Å². The zero-order valence-electron chi connectivity index (χ0n) is 29.6. The van der Waals surface area contributed by atoms with Crippen molar-refractivity contribution in [1.82, 2.24) is 19.9 Å². The monoisotopic (exact) mass is 660 g/mol. The lowest BCUT2D eigenvalue weighted by atomic mass is 9.84. The molecule has 3 unspecified atom stereocenters. The summed E-state index contributed by atoms with van der Waals surface area (Å²) in [4.78, 5) is 57.9. The van der Waals surface area contributed by atoms with E-state index >= 15 is 0 Å². The first kappa shape index (κ1) is 33.8. The Bertz CT molecular complexity index is 2160. The van der Waals surface area contributed by atoms with E-state index in [0.29, 0.717) is 40.2 Å². The maximum absolute atomic E-state index is 14.2. The Kier molecular flexibility index (Phi) is 9.05. The average Bonchev–Trinajstić information content (AvgIpc) is 3.80. The zero-order valence-corrected chi connectivity index (χ0v) is 29.6. The van der Waals surface area contributed by atoms with Crippen molar-refractivity contribution in [2.24, 2.45) is 0 Å². The lowest BCUT2D eigenvalue weighted by Crippen LogP contribution is -2.21. The highest BCUT2D eigenvalue weighted by atomic mass is 16.5. The van der Waals surface area contributed by atoms with Gasteiger partial charge in [-0.3, -0.25) is 19.4 Å². The van der Waals surface area contributed by atoms with Crippen LogP contribution >= 0.6 is 0 Å². The lowest BCUT2D eigenvalue weighted by molar-refractivity contribution is -0.145. The van der Waals surface area contributed by atoms with Crippen molar-refractivity contribution in [2.75, 3.05) is 13.7 Å². The van der Waals surface area contributed by atoms with Crippen molar-refractivity contribution >= 4 is 57.0 Å². The van der Waals surface area contributed by atoms with E-state index in [1.165, 1.54) is 7.11 Å². The zero-order chi connectivity index (χ0) is 35.3. The first-order chi connectivity index (χ1) is 23.4. The van der Waals surface area contributed by atoms with Crippen LogP contribution in [0, 0.1) is 13.8 Å². The molecule has 2 N–H and O–H groups in total. The summed E-state index contributed by atoms with van der Waals surface area (Å²) in [5, 5.41) is 0. The molecule has 2 aliphatic heterocycles. The standard InChI is InChI=1S/C40H44N4O5/c1-10-24-20(5)27-16-29-22(7)26(12-13-33(45)49-15-14-19(3)4)37(43-29)35-36(40(47)48-9)39(46)34-23(8)30(44-38(34)35)18-32-25(11-2)21(6)28(42-32)17-31(24)41-27/h10,14,16-18,22,26,36,41-42H,1,11-13,15H2,2-9H3. The average molecular weight is 661 g/mol. The fraction of sp³-hybridized carbons (Fsp3) is 0.375. The van der Waals surface area contributed by atoms with Gasteiger partial charge in [-0.25, -0.2) is 4.98 Å². The van der Waals surface area contributed by atoms with Gasteiger partial charge in [0.1, 0.15) is 12.5 Å². The van der Waals surface area contributed by atoms with Gasteiger partial charge in [0.2, 0.25) is 0 Å². The quantitative estimate of drug-likeness (QED) is 0.142. The molecule has 254 valence electrons. The maximum atomic E-state index is 14.2. The fourth-order valence-electron chi connectivity index (χ4n) is 7.46. The van der Waals surface area contributed by atoms with Crippen LogP contribution < -0.4 is 0 Å². The predicted octanol–water partition coefficient (Wildman–Crippen LogP) is 8.08. The van der Waals surface area contributed by atoms with Crippen molar-refractivity contribution in [3.8, 4) is 0 Å². The molecule has 0 saturated heterocycles. The molecule has 0 radical (unpaired) electrons. The first-order valence-corrected chi connectivity index (χ1v) is 16.9. The smallest absolute Gasteiger partial charge is 0.321 e. The molecule has 3 aromatic heterocycles. The second kappa shape index (κ2) is 13.1. The highest BCUT2D eigenvalue weighted by molar-refractivity contribution is 6.38. The molecule has 5 heterocycles. The number of Topliss-reactive ketones (excluding diaryl/α,β-unsaturated/α-hetero) is 1. The van der Waals surface area contributed by atoms with Gasteiger partial charge in [0.05, 0.1) is 24.2 Å². The Hall–Kier alpha value is -5.05. The van der Waals surface area contributed by atoms with Gasteiger partial charge < -0.3 is 19.4 Å². The van der Waals surface area contributed by atoms with Gasteiger partial charge in [-0.1, -0.05) is 32.1 Å². The minimum Gasteiger partial charge on any atom is -0.468 e. The van der Waals surface area contributed by atoms with E-state index in [9.17, 15) is 14.4 Å². The van der Waals surface area contributed by atoms with E-state index in [1.54, 1.807) is 0 Å². The largest absolute Gasteiger partial charge is 0.468 e. The van der Waals surface area contributed by atoms with Crippen LogP contribution in [-0.2, 0) is 30.3 Å². The number of methoxy groups -OCH3 is 1. The van der Waals surface area contributed by atoms with Crippen molar-refractivity contribution < 1.29 is 23.9 Å². The number of carbonyl (C=O) groups excluding carboxylic acids is 3. The number of fused-ring (bicyclic) bond motifs is 8. The van der Waals surface area contributed by atoms with E-state index < -0.39 is 11.9 Å². The van der Waals surface area contributed by atoms with Crippen LogP contribution in [0.15, 0.2) is 36.4 Å². The number of nitrogens with zero attached hydrogens (tertiary/aromatic N) is 2. The second-order valence-electron chi connectivity index (χ2n) is 13.4. The summed E-state index contributed by atoms with van der Waals surface area (Å²) in [6.07, 6.45) is 5.08. The molecule has 0 fully saturated rings. The summed E-state index contributed by atoms with van der Waals surface area (Å²) in [6.45, 7) is 18.4. The van der Waals surface area contributed by atoms with Crippen molar-refractivity contribution in [1.29, 1.82) is 0 Å². The van der Waals surface area contributed by atoms with Crippen LogP contribution in [0.5, 0.6) is 0 Å². The fourth-order valence-corrected chi connectivity index (χ4v) is 7.46. The number of esters is 2. The van der Waals surface area contributed by atoms with Crippen LogP contribution in [0.25, 0.3) is 39.3 Å². The number of ether oxygens (including phenoxy) is 2. The molecule has 8 bridgehead atoms. The van der Waals surface area contributed by atoms with Gasteiger partial charge in [-0.15, -0.1) is 0 Å². The van der Waals surface area contributed by atoms with Gasteiger partial charge in [0.15, 0.2) is 5.78 Å². The molecular formula is C40H44N4O5. The minimum absolute atomic E-state index is 0.148. The predicted molar refractivity (Wildman–Crippen MR) is 193 cm³/mol. The maximum Gasteiger partial charge on any atom is 0.321 e. The Balaban J connectivity index is 1.68. The van der Waals surface area contributed by atoms with Gasteiger partial charge in [-0.2, -0.15) is 0 Å². The Labute approximate surface area is 286 Å². The van der Waals surface area contributed by atoms with Crippen LogP contribution in [-0.4, -0.2) is 51.4 Å². The molecule has 9 nitrogen and oxygen atoms in total. The molecule has 6 rings (SSSR count). The molecule has 0 aromatic carbocycles. The molecule has 1 aliphatic carbocycles. The topological polar surface area (TPSA) is 127 Å². The van der Waals surface area contributed by atoms with E-state index in [4.69, 9.17) is 19.4 Å². The second-order valence-corrected chi connectivity index (χ2v) is 13.4. The van der Waals surface area contributed by atoms with E-state index in [1.807, 2.05) is 45.1 Å². The number of H-pyrrole nitrogens is 2. The number of nitrogens with one attached hydrogen (secondary N) is 2. The van der Waals surface area contributed by atoms with Crippen molar-refractivity contribution in [3.05, 3.63) is 87.0 Å². The van der Waals surface area contributed by atoms with Crippen LogP contribution in [0.4, 0.5) is 0 Å². The SMILES string of the molecule is C=Cc1c(C)c2cc3nc(c4c5nc(cc6[nH]c(cc1[nH]2)c(C)c6CC)C(C)=C5C(=O)C4C(=O)OC)C(CCC(=O)OCC=C(C)C)C3C. The molecule has 0 amide bonds. The summed E-state index contributed by atoms with van der Waals surface area (Å²) in [7, 11) is 1.29. The molecule has 9 heteroatoms. The molecule has 3 aromatic rings. The van der Waals surface area contributed by atoms with Gasteiger partial charge in [-0.05, 0) is 94.0 Å². The van der Waals surface area contributed by atoms with Crippen molar-refractivity contribution in [3.63, 3.8) is 0 Å². The number of ketones is 1. The number of rotatable bonds is 8. The number of aryl methyl sites for hydroxylation is 3. The van der Waals surface area contributed by atoms with E-state index in [-0.39, 0.29) is 36.6 Å². The number of carbonyl (C=O) groups is 3. The number of allylic oxidation sites excluding steroid dienone is 3. The Morgan fingerprint density at radius 3 is 2.39 bits per heavy atom. The number of aromatic amines is 2. The van der Waals surface area contributed by atoms with Crippen LogP contribution in [0.3, 0.4) is 0 Å². The molecule has 49 heavy (non-hydrogen) atoms. The lowest BCUT2D eigenvalue weighted by Gasteiger charge is -2.18. The Morgan fingerprint density at radius 1 is 1.00 bits per heavy atom. The molecule has 3 aliphatic rings. The summed E-state index contributed by atoms with van der Waals surface area (Å²) >= 11 is 0. The van der Waals surface area contributed by atoms with Gasteiger partial charge >= 0.3 is 11.9 Å². The summed E-state index contributed by atoms with van der Waals surface area (Å²) < 4.78 is 10.7. The van der Waals surface area contributed by atoms with Crippen molar-refractivity contribution in [2.45, 2.75) is 85.5 Å². The van der Waals surface area contributed by atoms with E-state index in [2.05, 4.69) is 50.3 Å². The number of aromatic nitrogens is 4. The third kappa shape index (κ3) is 5.75. The van der Waals surface area contributed by atoms with Gasteiger partial charge in [0, 0.05) is 62.7 Å². The van der Waals surface area contributed by atoms with Crippen LogP contribution in [0.2, 0.25) is 0 Å². The highest BCUT2D eigenvalue weighted by Crippen LogP contribution is 2.50. The Morgan fingerprint density at radius 2 is 1.71 bits per heavy atom. The summed E-state index contributed by atoms with van der Waals surface area (Å²) in [5.74, 6) is -2.95. The highest BCUT2D eigenvalue weighted by Gasteiger charge is 2.48. The third-order valence-electron chi connectivity index (χ3n) is 10.3. The molecular weight excluding hydrogens is 616 g/mol. The first-order valence-electron chi connectivity index (χ1n) is 16.9. The van der Waals surface area contributed by atoms with E-state index in [0.717, 1.165) is 62.0 Å². The summed E-state index contributed by atoms with van der Waals surface area (Å²) in [5.41, 5.74) is 13.1. The normalized spacial score (nSPS) is 18.1. The number of hydrogen-bond donors (Lipinski definition) is 2. The molecule has 0 spiro atoms. The number of hydrogen-bond acceptors (Lipinski definition) is 7. The van der Waals surface area contributed by atoms with Gasteiger partial charge in [0.25, 0.3) is 0 Å².